The van der Waals surface area contributed by atoms with Crippen molar-refractivity contribution < 1.29 is 17.6 Å². The number of benzene rings is 1. The second-order valence-electron chi connectivity index (χ2n) is 7.37. The van der Waals surface area contributed by atoms with E-state index in [0.29, 0.717) is 19.5 Å². The molecule has 0 unspecified atom stereocenters. The first kappa shape index (κ1) is 19.1. The Balaban J connectivity index is 1.49. The van der Waals surface area contributed by atoms with E-state index in [1.165, 1.54) is 16.4 Å². The number of halogens is 1. The van der Waals surface area contributed by atoms with Gasteiger partial charge in [-0.2, -0.15) is 4.31 Å². The highest BCUT2D eigenvalue weighted by molar-refractivity contribution is 7.89. The predicted molar refractivity (Wildman–Crippen MR) is 100 cm³/mol. The minimum atomic E-state index is -3.71. The maximum absolute atomic E-state index is 13.1. The number of sulfonamides is 1. The number of hydrogen-bond donors (Lipinski definition) is 1. The zero-order valence-corrected chi connectivity index (χ0v) is 16.5. The van der Waals surface area contributed by atoms with E-state index in [4.69, 9.17) is 0 Å². The molecule has 1 fully saturated rings. The smallest absolute Gasteiger partial charge is 0.243 e. The minimum absolute atomic E-state index is 0.0627. The van der Waals surface area contributed by atoms with Gasteiger partial charge in [-0.05, 0) is 37.1 Å². The molecule has 1 N–H and O–H groups in total. The Kier molecular flexibility index (Phi) is 4.96. The van der Waals surface area contributed by atoms with E-state index >= 15 is 0 Å². The van der Waals surface area contributed by atoms with Crippen molar-refractivity contribution in [3.8, 4) is 0 Å². The maximum atomic E-state index is 13.1. The lowest BCUT2D eigenvalue weighted by molar-refractivity contribution is -0.127. The van der Waals surface area contributed by atoms with E-state index in [9.17, 15) is 17.6 Å². The summed E-state index contributed by atoms with van der Waals surface area (Å²) in [5.74, 6) is 0.429. The van der Waals surface area contributed by atoms with Gasteiger partial charge in [0.25, 0.3) is 0 Å². The minimum Gasteiger partial charge on any atom is -0.349 e. The first-order valence-electron chi connectivity index (χ1n) is 9.43. The second-order valence-corrected chi connectivity index (χ2v) is 9.31. The molecular formula is C19H23FN4O3S. The Morgan fingerprint density at radius 2 is 2.00 bits per heavy atom. The molecule has 1 aromatic carbocycles. The third-order valence-corrected chi connectivity index (χ3v) is 7.52. The van der Waals surface area contributed by atoms with Crippen LogP contribution in [0.2, 0.25) is 0 Å². The Labute approximate surface area is 163 Å². The monoisotopic (exact) mass is 406 g/mol. The molecule has 2 heterocycles. The van der Waals surface area contributed by atoms with Crippen molar-refractivity contribution in [3.05, 3.63) is 47.3 Å². The second kappa shape index (κ2) is 7.29. The van der Waals surface area contributed by atoms with Crippen LogP contribution in [0.1, 0.15) is 36.5 Å². The summed E-state index contributed by atoms with van der Waals surface area (Å²) in [6.45, 7) is 0.857. The van der Waals surface area contributed by atoms with Gasteiger partial charge in [-0.15, -0.1) is 0 Å². The van der Waals surface area contributed by atoms with Gasteiger partial charge in [0.15, 0.2) is 0 Å². The van der Waals surface area contributed by atoms with Crippen LogP contribution in [0.4, 0.5) is 4.39 Å². The molecule has 0 bridgehead atoms. The zero-order chi connectivity index (χ0) is 19.9. The molecule has 2 aromatic rings. The summed E-state index contributed by atoms with van der Waals surface area (Å²) >= 11 is 0. The van der Waals surface area contributed by atoms with Crippen LogP contribution in [0, 0.1) is 11.7 Å². The normalized spacial score (nSPS) is 17.8. The van der Waals surface area contributed by atoms with Gasteiger partial charge >= 0.3 is 0 Å². The van der Waals surface area contributed by atoms with Gasteiger partial charge in [-0.25, -0.2) is 17.8 Å². The van der Waals surface area contributed by atoms with Crippen LogP contribution in [0.15, 0.2) is 29.2 Å². The molecule has 0 saturated heterocycles. The summed E-state index contributed by atoms with van der Waals surface area (Å²) in [5.41, 5.74) is 1.69. The Hall–Kier alpha value is -2.26. The SMILES string of the molecule is Cn1c(CNC(=O)C2CCC2)nc2c1CN(S(=O)(=O)c1ccc(F)cc1)CC2. The number of nitrogens with zero attached hydrogens (tertiary/aromatic N) is 3. The van der Waals surface area contributed by atoms with Crippen LogP contribution in [-0.2, 0) is 41.4 Å². The molecule has 4 rings (SSSR count). The highest BCUT2D eigenvalue weighted by atomic mass is 32.2. The van der Waals surface area contributed by atoms with Crippen LogP contribution >= 0.6 is 0 Å². The lowest BCUT2D eigenvalue weighted by Crippen LogP contribution is -2.36. The van der Waals surface area contributed by atoms with Crippen molar-refractivity contribution in [1.29, 1.82) is 0 Å². The summed E-state index contributed by atoms with van der Waals surface area (Å²) < 4.78 is 42.1. The number of hydrogen-bond acceptors (Lipinski definition) is 4. The number of imidazole rings is 1. The Morgan fingerprint density at radius 1 is 1.29 bits per heavy atom. The highest BCUT2D eigenvalue weighted by Crippen LogP contribution is 2.27. The van der Waals surface area contributed by atoms with Crippen LogP contribution < -0.4 is 5.32 Å². The van der Waals surface area contributed by atoms with E-state index in [1.54, 1.807) is 0 Å². The first-order chi connectivity index (χ1) is 13.4. The number of nitrogens with one attached hydrogen (secondary N) is 1. The number of amides is 1. The predicted octanol–water partition coefficient (Wildman–Crippen LogP) is 1.72. The van der Waals surface area contributed by atoms with Gasteiger partial charge in [-0.3, -0.25) is 4.79 Å². The van der Waals surface area contributed by atoms with Crippen molar-refractivity contribution in [3.63, 3.8) is 0 Å². The van der Waals surface area contributed by atoms with Gasteiger partial charge in [0.05, 0.1) is 29.4 Å². The third kappa shape index (κ3) is 3.44. The van der Waals surface area contributed by atoms with Gasteiger partial charge in [0.1, 0.15) is 11.6 Å². The molecule has 7 nitrogen and oxygen atoms in total. The summed E-state index contributed by atoms with van der Waals surface area (Å²) in [7, 11) is -1.87. The molecule has 150 valence electrons. The van der Waals surface area contributed by atoms with Gasteiger partial charge in [0.2, 0.25) is 15.9 Å². The van der Waals surface area contributed by atoms with Crippen molar-refractivity contribution in [1.82, 2.24) is 19.2 Å². The fourth-order valence-corrected chi connectivity index (χ4v) is 5.02. The Bertz CT molecular complexity index is 997. The fourth-order valence-electron chi connectivity index (χ4n) is 3.62. The van der Waals surface area contributed by atoms with Crippen LogP contribution in [0.5, 0.6) is 0 Å². The van der Waals surface area contributed by atoms with Crippen molar-refractivity contribution in [2.75, 3.05) is 6.54 Å². The zero-order valence-electron chi connectivity index (χ0n) is 15.7. The highest BCUT2D eigenvalue weighted by Gasteiger charge is 2.31. The van der Waals surface area contributed by atoms with Gasteiger partial charge in [0, 0.05) is 25.9 Å². The Morgan fingerprint density at radius 3 is 2.64 bits per heavy atom. The summed E-state index contributed by atoms with van der Waals surface area (Å²) in [5, 5.41) is 2.93. The van der Waals surface area contributed by atoms with E-state index in [1.807, 2.05) is 11.6 Å². The summed E-state index contributed by atoms with van der Waals surface area (Å²) in [6.07, 6.45) is 3.49. The van der Waals surface area contributed by atoms with E-state index in [-0.39, 0.29) is 23.3 Å². The molecule has 1 aliphatic carbocycles. The first-order valence-corrected chi connectivity index (χ1v) is 10.9. The lowest BCUT2D eigenvalue weighted by atomic mass is 9.85. The number of carbonyl (C=O) groups is 1. The average Bonchev–Trinajstić information content (AvgIpc) is 2.94. The quantitative estimate of drug-likeness (QED) is 0.820. The van der Waals surface area contributed by atoms with Crippen molar-refractivity contribution in [2.45, 2.75) is 43.7 Å². The van der Waals surface area contributed by atoms with E-state index in [0.717, 1.165) is 48.6 Å². The lowest BCUT2D eigenvalue weighted by Gasteiger charge is -2.26. The molecule has 9 heteroatoms. The molecule has 2 aliphatic rings. The topological polar surface area (TPSA) is 84.3 Å². The summed E-state index contributed by atoms with van der Waals surface area (Å²) in [4.78, 5) is 16.7. The van der Waals surface area contributed by atoms with Gasteiger partial charge in [-0.1, -0.05) is 6.42 Å². The number of aromatic nitrogens is 2. The number of rotatable bonds is 5. The largest absolute Gasteiger partial charge is 0.349 e. The van der Waals surface area contributed by atoms with Crippen LogP contribution in [-0.4, -0.2) is 34.7 Å². The number of fused-ring (bicyclic) bond motifs is 1. The molecule has 1 aliphatic heterocycles. The van der Waals surface area contributed by atoms with Crippen LogP contribution in [0.3, 0.4) is 0 Å². The maximum Gasteiger partial charge on any atom is 0.243 e. The molecule has 0 atom stereocenters. The van der Waals surface area contributed by atoms with E-state index < -0.39 is 15.8 Å². The standard InChI is InChI=1S/C19H23FN4O3S/c1-23-17-12-24(28(26,27)15-7-5-14(20)6-8-15)10-9-16(17)22-18(23)11-21-19(25)13-3-2-4-13/h5-8,13H,2-4,9-12H2,1H3,(H,21,25). The summed E-state index contributed by atoms with van der Waals surface area (Å²) in [6, 6.07) is 4.86. The molecule has 0 spiro atoms. The van der Waals surface area contributed by atoms with E-state index in [2.05, 4.69) is 10.3 Å². The third-order valence-electron chi connectivity index (χ3n) is 5.66. The van der Waals surface area contributed by atoms with Gasteiger partial charge < -0.3 is 9.88 Å². The fraction of sp³-hybridized carbons (Fsp3) is 0.474. The molecule has 1 saturated carbocycles. The average molecular weight is 406 g/mol. The van der Waals surface area contributed by atoms with Crippen molar-refractivity contribution in [2.24, 2.45) is 13.0 Å². The van der Waals surface area contributed by atoms with Crippen molar-refractivity contribution >= 4 is 15.9 Å². The number of carbonyl (C=O) groups excluding carboxylic acids is 1. The molecule has 1 amide bonds. The molecule has 0 radical (unpaired) electrons. The van der Waals surface area contributed by atoms with Crippen LogP contribution in [0.25, 0.3) is 0 Å². The molecule has 28 heavy (non-hydrogen) atoms. The molecular weight excluding hydrogens is 383 g/mol. The molecule has 1 aromatic heterocycles.